The Labute approximate surface area is 99.1 Å². The van der Waals surface area contributed by atoms with Crippen LogP contribution in [0.15, 0.2) is 48.6 Å². The minimum Gasteiger partial charge on any atom is -0.478 e. The lowest BCUT2D eigenvalue weighted by Gasteiger charge is -2.07. The summed E-state index contributed by atoms with van der Waals surface area (Å²) in [6.07, 6.45) is 3.08. The second-order valence-electron chi connectivity index (χ2n) is 3.48. The Hall–Kier alpha value is -2.36. The first-order valence-corrected chi connectivity index (χ1v) is 4.97. The Morgan fingerprint density at radius 2 is 1.88 bits per heavy atom. The van der Waals surface area contributed by atoms with E-state index in [2.05, 4.69) is 6.58 Å². The molecule has 1 aromatic rings. The number of benzene rings is 1. The zero-order valence-electron chi connectivity index (χ0n) is 9.17. The number of hydrogen-bond acceptors (Lipinski definition) is 2. The molecule has 0 bridgehead atoms. The molecule has 88 valence electrons. The van der Waals surface area contributed by atoms with E-state index in [1.165, 1.54) is 6.08 Å². The van der Waals surface area contributed by atoms with Gasteiger partial charge < -0.3 is 10.8 Å². The topological polar surface area (TPSA) is 80.4 Å². The molecule has 1 aromatic carbocycles. The van der Waals surface area contributed by atoms with Gasteiger partial charge in [-0.1, -0.05) is 49.1 Å². The Balaban J connectivity index is 2.89. The van der Waals surface area contributed by atoms with Gasteiger partial charge in [0.1, 0.15) is 0 Å². The molecular weight excluding hydrogens is 218 g/mol. The molecule has 1 atom stereocenters. The molecule has 0 aliphatic rings. The van der Waals surface area contributed by atoms with Gasteiger partial charge in [-0.3, -0.25) is 4.79 Å². The number of amides is 1. The van der Waals surface area contributed by atoms with Crippen LogP contribution in [0, 0.1) is 5.92 Å². The highest BCUT2D eigenvalue weighted by Crippen LogP contribution is 2.13. The summed E-state index contributed by atoms with van der Waals surface area (Å²) in [5.74, 6) is -2.95. The Kier molecular flexibility index (Phi) is 4.22. The van der Waals surface area contributed by atoms with Crippen molar-refractivity contribution in [3.8, 4) is 0 Å². The number of carbonyl (C=O) groups is 2. The highest BCUT2D eigenvalue weighted by Gasteiger charge is 2.20. The van der Waals surface area contributed by atoms with Crippen molar-refractivity contribution in [3.05, 3.63) is 54.1 Å². The summed E-state index contributed by atoms with van der Waals surface area (Å²) in [6, 6.07) is 9.20. The molecular formula is C13H13NO3. The van der Waals surface area contributed by atoms with Gasteiger partial charge in [0.05, 0.1) is 5.92 Å². The monoisotopic (exact) mass is 231 g/mol. The molecule has 1 rings (SSSR count). The van der Waals surface area contributed by atoms with Gasteiger partial charge >= 0.3 is 5.97 Å². The number of aliphatic carboxylic acids is 1. The Morgan fingerprint density at radius 3 is 2.35 bits per heavy atom. The number of carboxylic acid groups (broad SMARTS) is 1. The fourth-order valence-corrected chi connectivity index (χ4v) is 1.29. The van der Waals surface area contributed by atoms with Gasteiger partial charge in [0.2, 0.25) is 5.91 Å². The third-order valence-corrected chi connectivity index (χ3v) is 2.24. The molecule has 1 amide bonds. The van der Waals surface area contributed by atoms with Crippen LogP contribution in [-0.4, -0.2) is 17.0 Å². The fourth-order valence-electron chi connectivity index (χ4n) is 1.29. The zero-order valence-corrected chi connectivity index (χ0v) is 9.17. The third kappa shape index (κ3) is 3.61. The van der Waals surface area contributed by atoms with Gasteiger partial charge in [-0.05, 0) is 5.56 Å². The maximum Gasteiger partial charge on any atom is 0.332 e. The largest absolute Gasteiger partial charge is 0.478 e. The predicted octanol–water partition coefficient (Wildman–Crippen LogP) is 1.44. The lowest BCUT2D eigenvalue weighted by Crippen LogP contribution is -2.25. The number of nitrogens with two attached hydrogens (primary N) is 1. The van der Waals surface area contributed by atoms with Crippen LogP contribution >= 0.6 is 0 Å². The second kappa shape index (κ2) is 5.65. The highest BCUT2D eigenvalue weighted by atomic mass is 16.4. The molecule has 0 heterocycles. The SMILES string of the molecule is C=C(C(=O)O)C(C=Cc1ccccc1)C(N)=O. The van der Waals surface area contributed by atoms with Crippen molar-refractivity contribution in [2.75, 3.05) is 0 Å². The molecule has 1 unspecified atom stereocenters. The van der Waals surface area contributed by atoms with Crippen LogP contribution in [0.3, 0.4) is 0 Å². The van der Waals surface area contributed by atoms with Crippen LogP contribution < -0.4 is 5.73 Å². The van der Waals surface area contributed by atoms with Crippen LogP contribution in [0.25, 0.3) is 6.08 Å². The van der Waals surface area contributed by atoms with Crippen molar-refractivity contribution in [1.82, 2.24) is 0 Å². The maximum atomic E-state index is 11.1. The summed E-state index contributed by atoms with van der Waals surface area (Å²) in [5.41, 5.74) is 5.75. The fraction of sp³-hybridized carbons (Fsp3) is 0.0769. The first-order valence-electron chi connectivity index (χ1n) is 4.97. The number of rotatable bonds is 5. The van der Waals surface area contributed by atoms with Crippen LogP contribution in [0.2, 0.25) is 0 Å². The number of primary amides is 1. The molecule has 0 aliphatic heterocycles. The van der Waals surface area contributed by atoms with E-state index in [0.29, 0.717) is 0 Å². The van der Waals surface area contributed by atoms with Crippen molar-refractivity contribution in [3.63, 3.8) is 0 Å². The quantitative estimate of drug-likeness (QED) is 0.752. The smallest absolute Gasteiger partial charge is 0.332 e. The minimum absolute atomic E-state index is 0.232. The van der Waals surface area contributed by atoms with Crippen molar-refractivity contribution in [1.29, 1.82) is 0 Å². The first kappa shape index (κ1) is 12.7. The zero-order chi connectivity index (χ0) is 12.8. The summed E-state index contributed by atoms with van der Waals surface area (Å²) in [6.45, 7) is 3.34. The van der Waals surface area contributed by atoms with E-state index in [1.54, 1.807) is 6.08 Å². The molecule has 0 radical (unpaired) electrons. The molecule has 4 heteroatoms. The second-order valence-corrected chi connectivity index (χ2v) is 3.48. The predicted molar refractivity (Wildman–Crippen MR) is 64.9 cm³/mol. The minimum atomic E-state index is -1.23. The van der Waals surface area contributed by atoms with Gasteiger partial charge in [0.25, 0.3) is 0 Å². The van der Waals surface area contributed by atoms with Gasteiger partial charge in [0.15, 0.2) is 0 Å². The van der Waals surface area contributed by atoms with E-state index in [0.717, 1.165) is 5.56 Å². The van der Waals surface area contributed by atoms with E-state index in [4.69, 9.17) is 10.8 Å². The molecule has 0 saturated carbocycles. The number of carbonyl (C=O) groups excluding carboxylic acids is 1. The number of carboxylic acids is 1. The maximum absolute atomic E-state index is 11.1. The van der Waals surface area contributed by atoms with E-state index in [1.807, 2.05) is 30.3 Å². The molecule has 0 fully saturated rings. The summed E-state index contributed by atoms with van der Waals surface area (Å²) < 4.78 is 0. The normalized spacial score (nSPS) is 12.2. The molecule has 0 saturated heterocycles. The average molecular weight is 231 g/mol. The highest BCUT2D eigenvalue weighted by molar-refractivity contribution is 5.96. The third-order valence-electron chi connectivity index (χ3n) is 2.24. The summed E-state index contributed by atoms with van der Waals surface area (Å²) in [7, 11) is 0. The molecule has 0 spiro atoms. The van der Waals surface area contributed by atoms with Gasteiger partial charge in [-0.15, -0.1) is 0 Å². The van der Waals surface area contributed by atoms with E-state index in [9.17, 15) is 9.59 Å². The summed E-state index contributed by atoms with van der Waals surface area (Å²) in [4.78, 5) is 21.8. The van der Waals surface area contributed by atoms with Crippen LogP contribution in [0.5, 0.6) is 0 Å². The van der Waals surface area contributed by atoms with Gasteiger partial charge in [-0.2, -0.15) is 0 Å². The average Bonchev–Trinajstić information content (AvgIpc) is 2.29. The van der Waals surface area contributed by atoms with Crippen molar-refractivity contribution in [2.45, 2.75) is 0 Å². The summed E-state index contributed by atoms with van der Waals surface area (Å²) >= 11 is 0. The first-order chi connectivity index (χ1) is 8.02. The Morgan fingerprint density at radius 1 is 1.29 bits per heavy atom. The van der Waals surface area contributed by atoms with Crippen molar-refractivity contribution >= 4 is 18.0 Å². The molecule has 17 heavy (non-hydrogen) atoms. The van der Waals surface area contributed by atoms with Crippen LogP contribution in [-0.2, 0) is 9.59 Å². The molecule has 3 N–H and O–H groups in total. The van der Waals surface area contributed by atoms with Crippen LogP contribution in [0.4, 0.5) is 0 Å². The lowest BCUT2D eigenvalue weighted by atomic mass is 9.98. The molecule has 0 aromatic heterocycles. The summed E-state index contributed by atoms with van der Waals surface area (Å²) in [5, 5.41) is 8.76. The van der Waals surface area contributed by atoms with E-state index in [-0.39, 0.29) is 5.57 Å². The molecule has 0 aliphatic carbocycles. The number of hydrogen-bond donors (Lipinski definition) is 2. The molecule has 4 nitrogen and oxygen atoms in total. The van der Waals surface area contributed by atoms with Crippen molar-refractivity contribution in [2.24, 2.45) is 11.7 Å². The van der Waals surface area contributed by atoms with Gasteiger partial charge in [-0.25, -0.2) is 4.79 Å². The lowest BCUT2D eigenvalue weighted by molar-refractivity contribution is -0.134. The Bertz CT molecular complexity index is 463. The van der Waals surface area contributed by atoms with E-state index < -0.39 is 17.8 Å². The van der Waals surface area contributed by atoms with Gasteiger partial charge in [0, 0.05) is 5.57 Å². The van der Waals surface area contributed by atoms with Crippen molar-refractivity contribution < 1.29 is 14.7 Å². The van der Waals surface area contributed by atoms with E-state index >= 15 is 0 Å². The van der Waals surface area contributed by atoms with Crippen LogP contribution in [0.1, 0.15) is 5.56 Å². The standard InChI is InChI=1S/C13H13NO3/c1-9(13(16)17)11(12(14)15)8-7-10-5-3-2-4-6-10/h2-8,11H,1H2,(H2,14,15)(H,16,17).